The molecular weight excluding hydrogens is 228 g/mol. The maximum atomic E-state index is 3.79. The summed E-state index contributed by atoms with van der Waals surface area (Å²) < 4.78 is 0. The van der Waals surface area contributed by atoms with E-state index in [9.17, 15) is 0 Å². The highest BCUT2D eigenvalue weighted by atomic mass is 13.9. The monoisotopic (exact) mass is 260 g/mol. The lowest BCUT2D eigenvalue weighted by atomic mass is 10.1. The molecule has 19 heavy (non-hydrogen) atoms. The van der Waals surface area contributed by atoms with Crippen LogP contribution in [-0.2, 0) is 0 Å². The van der Waals surface area contributed by atoms with E-state index in [0.29, 0.717) is 0 Å². The maximum absolute atomic E-state index is 3.79. The molecule has 108 valence electrons. The molecule has 0 spiro atoms. The van der Waals surface area contributed by atoms with Gasteiger partial charge in [0.2, 0.25) is 0 Å². The van der Waals surface area contributed by atoms with Crippen LogP contribution in [0.5, 0.6) is 0 Å². The van der Waals surface area contributed by atoms with E-state index in [0.717, 1.165) is 18.4 Å². The third kappa shape index (κ3) is 26.2. The Morgan fingerprint density at radius 3 is 1.58 bits per heavy atom. The van der Waals surface area contributed by atoms with Crippen LogP contribution in [0, 0.1) is 0 Å². The summed E-state index contributed by atoms with van der Waals surface area (Å²) in [5.41, 5.74) is 9.37. The molecule has 0 unspecified atom stereocenters. The Bertz CT molecular complexity index is 337. The van der Waals surface area contributed by atoms with Crippen molar-refractivity contribution in [3.05, 3.63) is 59.6 Å². The van der Waals surface area contributed by atoms with Crippen molar-refractivity contribution < 1.29 is 0 Å². The number of rotatable bonds is 3. The molecule has 0 saturated heterocycles. The van der Waals surface area contributed by atoms with E-state index >= 15 is 0 Å². The minimum atomic E-state index is 1.09. The quantitative estimate of drug-likeness (QED) is 0.387. The van der Waals surface area contributed by atoms with Crippen molar-refractivity contribution in [2.45, 2.75) is 61.3 Å². The first kappa shape index (κ1) is 22.7. The molecule has 0 aromatic rings. The first-order valence-electron chi connectivity index (χ1n) is 7.16. The minimum absolute atomic E-state index is 1.09. The standard InChI is InChI=1S/C8H14.C7H6.2C2H6/c1-7(2)5-6-8(3)4;1-7-5-3-2-4-6-7;2*1-2/h1,3,5-6H2,2,4H3;2-3,5H,1H3;2*1-2H3. The SMILES string of the molecule is C=C(C)CCC(=C)C.CC.CC.CC1=C=C=CC=C1. The minimum Gasteiger partial charge on any atom is -0.100 e. The zero-order chi connectivity index (χ0) is 15.7. The van der Waals surface area contributed by atoms with E-state index in [1.165, 1.54) is 11.1 Å². The Morgan fingerprint density at radius 1 is 1.00 bits per heavy atom. The van der Waals surface area contributed by atoms with Crippen LogP contribution in [0.4, 0.5) is 0 Å². The lowest BCUT2D eigenvalue weighted by Gasteiger charge is -1.95. The molecule has 0 amide bonds. The summed E-state index contributed by atoms with van der Waals surface area (Å²) in [5.74, 6) is 0. The molecule has 0 fully saturated rings. The van der Waals surface area contributed by atoms with Crippen LogP contribution in [0.3, 0.4) is 0 Å². The van der Waals surface area contributed by atoms with Crippen molar-refractivity contribution in [2.75, 3.05) is 0 Å². The van der Waals surface area contributed by atoms with Gasteiger partial charge >= 0.3 is 0 Å². The van der Waals surface area contributed by atoms with E-state index in [4.69, 9.17) is 0 Å². The van der Waals surface area contributed by atoms with Crippen LogP contribution in [-0.4, -0.2) is 0 Å². The van der Waals surface area contributed by atoms with Gasteiger partial charge in [-0.1, -0.05) is 62.5 Å². The smallest absolute Gasteiger partial charge is 0.000703 e. The molecule has 0 aromatic carbocycles. The van der Waals surface area contributed by atoms with Crippen molar-refractivity contribution in [1.82, 2.24) is 0 Å². The van der Waals surface area contributed by atoms with Gasteiger partial charge in [0.05, 0.1) is 0 Å². The predicted molar refractivity (Wildman–Crippen MR) is 91.5 cm³/mol. The molecule has 0 atom stereocenters. The Labute approximate surface area is 121 Å². The predicted octanol–water partition coefficient (Wildman–Crippen LogP) is 6.78. The molecule has 0 heteroatoms. The van der Waals surface area contributed by atoms with E-state index in [1.807, 2.05) is 66.7 Å². The lowest BCUT2D eigenvalue weighted by Crippen LogP contribution is -1.75. The Morgan fingerprint density at radius 2 is 1.42 bits per heavy atom. The fraction of sp³-hybridized carbons (Fsp3) is 0.474. The molecule has 0 N–H and O–H groups in total. The highest BCUT2D eigenvalue weighted by molar-refractivity contribution is 5.23. The van der Waals surface area contributed by atoms with Gasteiger partial charge in [0, 0.05) is 0 Å². The highest BCUT2D eigenvalue weighted by Crippen LogP contribution is 2.05. The Balaban J connectivity index is -0.000000214. The summed E-state index contributed by atoms with van der Waals surface area (Å²) in [6, 6.07) is 0. The topological polar surface area (TPSA) is 0 Å². The van der Waals surface area contributed by atoms with Crippen LogP contribution < -0.4 is 0 Å². The second-order valence-corrected chi connectivity index (χ2v) is 3.89. The van der Waals surface area contributed by atoms with Gasteiger partial charge < -0.3 is 0 Å². The van der Waals surface area contributed by atoms with Crippen molar-refractivity contribution in [2.24, 2.45) is 0 Å². The van der Waals surface area contributed by atoms with Crippen LogP contribution in [0.25, 0.3) is 0 Å². The van der Waals surface area contributed by atoms with E-state index in [-0.39, 0.29) is 0 Å². The van der Waals surface area contributed by atoms with Gasteiger partial charge in [0.1, 0.15) is 0 Å². The van der Waals surface area contributed by atoms with Crippen LogP contribution in [0.15, 0.2) is 59.6 Å². The zero-order valence-electron chi connectivity index (χ0n) is 14.1. The Hall–Kier alpha value is -1.48. The molecular formula is C19H32. The largest absolute Gasteiger partial charge is 0.100 e. The average molecular weight is 260 g/mol. The summed E-state index contributed by atoms with van der Waals surface area (Å²) in [5, 5.41) is 0. The first-order valence-corrected chi connectivity index (χ1v) is 7.16. The highest BCUT2D eigenvalue weighted by Gasteiger charge is 1.85. The third-order valence-corrected chi connectivity index (χ3v) is 1.77. The normalized spacial score (nSPS) is 9.74. The fourth-order valence-electron chi connectivity index (χ4n) is 0.865. The first-order chi connectivity index (χ1) is 9.02. The molecule has 0 saturated carbocycles. The van der Waals surface area contributed by atoms with Gasteiger partial charge in [0.25, 0.3) is 0 Å². The summed E-state index contributed by atoms with van der Waals surface area (Å²) >= 11 is 0. The zero-order valence-corrected chi connectivity index (χ0v) is 14.1. The van der Waals surface area contributed by atoms with E-state index in [1.54, 1.807) is 0 Å². The lowest BCUT2D eigenvalue weighted by molar-refractivity contribution is 0.933. The van der Waals surface area contributed by atoms with E-state index in [2.05, 4.69) is 24.6 Å². The number of hydrogen-bond acceptors (Lipinski definition) is 0. The molecule has 0 aliphatic heterocycles. The second-order valence-electron chi connectivity index (χ2n) is 3.89. The number of hydrogen-bond donors (Lipinski definition) is 0. The number of allylic oxidation sites excluding steroid dienone is 6. The van der Waals surface area contributed by atoms with Crippen LogP contribution in [0.1, 0.15) is 61.3 Å². The molecule has 1 rings (SSSR count). The maximum Gasteiger partial charge on any atom is -0.000703 e. The second kappa shape index (κ2) is 18.9. The molecule has 0 bridgehead atoms. The van der Waals surface area contributed by atoms with Gasteiger partial charge in [-0.25, -0.2) is 0 Å². The summed E-state index contributed by atoms with van der Waals surface area (Å²) in [6.45, 7) is 21.7. The summed E-state index contributed by atoms with van der Waals surface area (Å²) in [6.07, 6.45) is 7.97. The van der Waals surface area contributed by atoms with Gasteiger partial charge in [-0.15, -0.1) is 13.2 Å². The van der Waals surface area contributed by atoms with Gasteiger partial charge in [-0.05, 0) is 45.3 Å². The molecule has 1 aliphatic carbocycles. The van der Waals surface area contributed by atoms with Crippen molar-refractivity contribution in [3.63, 3.8) is 0 Å². The van der Waals surface area contributed by atoms with Gasteiger partial charge in [0.15, 0.2) is 0 Å². The van der Waals surface area contributed by atoms with Crippen molar-refractivity contribution in [1.29, 1.82) is 0 Å². The molecule has 1 aliphatic rings. The van der Waals surface area contributed by atoms with Crippen LogP contribution in [0.2, 0.25) is 0 Å². The van der Waals surface area contributed by atoms with E-state index < -0.39 is 0 Å². The summed E-state index contributed by atoms with van der Waals surface area (Å²) in [4.78, 5) is 0. The van der Waals surface area contributed by atoms with Crippen molar-refractivity contribution in [3.8, 4) is 0 Å². The molecule has 0 aromatic heterocycles. The van der Waals surface area contributed by atoms with Gasteiger partial charge in [-0.3, -0.25) is 0 Å². The Kier molecular flexibility index (Phi) is 22.5. The molecule has 0 nitrogen and oxygen atoms in total. The fourth-order valence-corrected chi connectivity index (χ4v) is 0.865. The third-order valence-electron chi connectivity index (χ3n) is 1.77. The molecule has 0 radical (unpaired) electrons. The van der Waals surface area contributed by atoms with Gasteiger partial charge in [-0.2, -0.15) is 0 Å². The van der Waals surface area contributed by atoms with Crippen LogP contribution >= 0.6 is 0 Å². The summed E-state index contributed by atoms with van der Waals surface area (Å²) in [7, 11) is 0. The molecule has 0 heterocycles. The average Bonchev–Trinajstić information content (AvgIpc) is 2.43. The van der Waals surface area contributed by atoms with Crippen molar-refractivity contribution >= 4 is 0 Å².